The van der Waals surface area contributed by atoms with Crippen molar-refractivity contribution in [3.05, 3.63) is 23.8 Å². The molecule has 0 saturated heterocycles. The van der Waals surface area contributed by atoms with Crippen LogP contribution >= 0.6 is 11.1 Å². The molecule has 0 bridgehead atoms. The number of rotatable bonds is 7. The molecule has 0 spiro atoms. The fourth-order valence-electron chi connectivity index (χ4n) is 2.31. The van der Waals surface area contributed by atoms with E-state index in [0.717, 1.165) is 12.8 Å². The molecule has 0 saturated carbocycles. The monoisotopic (exact) mass is 365 g/mol. The molecule has 1 atom stereocenters. The zero-order valence-electron chi connectivity index (χ0n) is 14.7. The Labute approximate surface area is 150 Å². The molecule has 1 aromatic heterocycles. The number of hydrogen-bond donors (Lipinski definition) is 3. The Morgan fingerprint density at radius 3 is 2.52 bits per heavy atom. The standard InChI is InChI=1S/C16H23N5O3S/c1-5-10(6-2)17-14-15(20-25(24)19-14)18-12-9-7-8-11(13(12)22)16(23)21(3)4/h7-10,22H,5-6H2,1-4H3,(H,17,19)(H,18,20). The van der Waals surface area contributed by atoms with Gasteiger partial charge in [-0.2, -0.15) is 0 Å². The second-order valence-electron chi connectivity index (χ2n) is 5.79. The Balaban J connectivity index is 2.31. The van der Waals surface area contributed by atoms with E-state index in [1.54, 1.807) is 26.2 Å². The average Bonchev–Trinajstić information content (AvgIpc) is 2.92. The van der Waals surface area contributed by atoms with E-state index < -0.39 is 11.1 Å². The number of benzene rings is 1. The Morgan fingerprint density at radius 1 is 1.28 bits per heavy atom. The molecule has 2 rings (SSSR count). The first kappa shape index (κ1) is 18.9. The van der Waals surface area contributed by atoms with Gasteiger partial charge in [0.1, 0.15) is 0 Å². The highest BCUT2D eigenvalue weighted by molar-refractivity contribution is 7.14. The number of aromatic hydroxyl groups is 1. The highest BCUT2D eigenvalue weighted by Crippen LogP contribution is 2.34. The van der Waals surface area contributed by atoms with Gasteiger partial charge < -0.3 is 25.2 Å². The number of nitrogens with zero attached hydrogens (tertiary/aromatic N) is 3. The molecule has 0 aliphatic carbocycles. The Morgan fingerprint density at radius 2 is 1.92 bits per heavy atom. The van der Waals surface area contributed by atoms with Gasteiger partial charge in [-0.3, -0.25) is 4.79 Å². The summed E-state index contributed by atoms with van der Waals surface area (Å²) in [6.07, 6.45) is 1.76. The van der Waals surface area contributed by atoms with E-state index >= 15 is 0 Å². The van der Waals surface area contributed by atoms with Crippen molar-refractivity contribution in [1.82, 2.24) is 13.6 Å². The topological polar surface area (TPSA) is 113 Å². The van der Waals surface area contributed by atoms with Gasteiger partial charge >= 0.3 is 0 Å². The van der Waals surface area contributed by atoms with Crippen LogP contribution in [0.1, 0.15) is 37.0 Å². The van der Waals surface area contributed by atoms with Crippen molar-refractivity contribution in [3.8, 4) is 5.75 Å². The molecule has 1 unspecified atom stereocenters. The maximum Gasteiger partial charge on any atom is 0.257 e. The van der Waals surface area contributed by atoms with Gasteiger partial charge in [0.15, 0.2) is 16.9 Å². The largest absolute Gasteiger partial charge is 0.546 e. The SMILES string of the molecule is CCC(CC)Nc1n[s+]([O-])nc1Nc1cccc(C(=O)N(C)C)c1O. The molecule has 25 heavy (non-hydrogen) atoms. The lowest BCUT2D eigenvalue weighted by atomic mass is 10.1. The fourth-order valence-corrected chi connectivity index (χ4v) is 2.94. The van der Waals surface area contributed by atoms with Crippen molar-refractivity contribution in [2.75, 3.05) is 24.7 Å². The smallest absolute Gasteiger partial charge is 0.257 e. The third kappa shape index (κ3) is 4.37. The minimum Gasteiger partial charge on any atom is -0.546 e. The van der Waals surface area contributed by atoms with Crippen LogP contribution < -0.4 is 10.6 Å². The van der Waals surface area contributed by atoms with E-state index in [9.17, 15) is 14.5 Å². The first-order chi connectivity index (χ1) is 11.9. The van der Waals surface area contributed by atoms with Gasteiger partial charge in [0, 0.05) is 28.9 Å². The van der Waals surface area contributed by atoms with Gasteiger partial charge in [-0.05, 0) is 25.0 Å². The summed E-state index contributed by atoms with van der Waals surface area (Å²) in [5, 5.41) is 16.5. The predicted octanol–water partition coefficient (Wildman–Crippen LogP) is 2.96. The van der Waals surface area contributed by atoms with Crippen LogP contribution in [0.3, 0.4) is 0 Å². The molecule has 9 heteroatoms. The lowest BCUT2D eigenvalue weighted by molar-refractivity contribution is 0.0824. The number of carbonyl (C=O) groups excluding carboxylic acids is 1. The number of para-hydroxylation sites is 1. The van der Waals surface area contributed by atoms with E-state index in [-0.39, 0.29) is 29.1 Å². The number of aromatic nitrogens is 2. The fraction of sp³-hybridized carbons (Fsp3) is 0.438. The lowest BCUT2D eigenvalue weighted by Gasteiger charge is -2.15. The maximum atomic E-state index is 12.1. The number of anilines is 3. The minimum atomic E-state index is -1.71. The zero-order chi connectivity index (χ0) is 18.6. The summed E-state index contributed by atoms with van der Waals surface area (Å²) >= 11 is -1.71. The van der Waals surface area contributed by atoms with Crippen LogP contribution in [0.4, 0.5) is 17.3 Å². The van der Waals surface area contributed by atoms with E-state index in [1.165, 1.54) is 11.0 Å². The molecule has 2 aromatic rings. The van der Waals surface area contributed by atoms with Crippen molar-refractivity contribution in [2.24, 2.45) is 0 Å². The predicted molar refractivity (Wildman–Crippen MR) is 98.1 cm³/mol. The summed E-state index contributed by atoms with van der Waals surface area (Å²) in [7, 11) is 3.22. The molecular formula is C16H23N5O3S. The van der Waals surface area contributed by atoms with E-state index in [0.29, 0.717) is 11.5 Å². The van der Waals surface area contributed by atoms with Crippen molar-refractivity contribution in [3.63, 3.8) is 0 Å². The van der Waals surface area contributed by atoms with E-state index in [2.05, 4.69) is 19.4 Å². The van der Waals surface area contributed by atoms with Crippen LogP contribution in [0.2, 0.25) is 0 Å². The van der Waals surface area contributed by atoms with Crippen LogP contribution in [0.5, 0.6) is 5.75 Å². The molecule has 0 aliphatic heterocycles. The molecule has 8 nitrogen and oxygen atoms in total. The zero-order valence-corrected chi connectivity index (χ0v) is 15.6. The normalized spacial score (nSPS) is 11.5. The number of phenols is 1. The molecule has 3 N–H and O–H groups in total. The van der Waals surface area contributed by atoms with Crippen molar-refractivity contribution >= 4 is 34.4 Å². The third-order valence-electron chi connectivity index (χ3n) is 3.82. The summed E-state index contributed by atoms with van der Waals surface area (Å²) < 4.78 is 19.6. The summed E-state index contributed by atoms with van der Waals surface area (Å²) in [6, 6.07) is 4.97. The van der Waals surface area contributed by atoms with Crippen molar-refractivity contribution in [2.45, 2.75) is 32.7 Å². The van der Waals surface area contributed by atoms with Crippen LogP contribution in [-0.2, 0) is 0 Å². The molecule has 0 radical (unpaired) electrons. The van der Waals surface area contributed by atoms with Crippen LogP contribution in [0.25, 0.3) is 0 Å². The summed E-state index contributed by atoms with van der Waals surface area (Å²) in [4.78, 5) is 13.5. The molecular weight excluding hydrogens is 342 g/mol. The van der Waals surface area contributed by atoms with Crippen LogP contribution in [-0.4, -0.2) is 49.4 Å². The van der Waals surface area contributed by atoms with Gasteiger partial charge in [-0.25, -0.2) is 0 Å². The maximum absolute atomic E-state index is 12.1. The number of nitrogens with one attached hydrogen (secondary N) is 2. The third-order valence-corrected chi connectivity index (χ3v) is 4.49. The molecule has 1 heterocycles. The van der Waals surface area contributed by atoms with Gasteiger partial charge in [-0.1, -0.05) is 19.9 Å². The molecule has 0 fully saturated rings. The number of phenolic OH excluding ortho intramolecular Hbond substituents is 1. The molecule has 136 valence electrons. The Hall–Kier alpha value is -2.39. The Kier molecular flexibility index (Phi) is 6.16. The average molecular weight is 365 g/mol. The molecule has 1 amide bonds. The van der Waals surface area contributed by atoms with Gasteiger partial charge in [0.2, 0.25) is 11.6 Å². The first-order valence-corrected chi connectivity index (χ1v) is 9.10. The number of amides is 1. The van der Waals surface area contributed by atoms with Gasteiger partial charge in [0.05, 0.1) is 11.3 Å². The summed E-state index contributed by atoms with van der Waals surface area (Å²) in [5.41, 5.74) is 0.463. The highest BCUT2D eigenvalue weighted by Gasteiger charge is 2.21. The quantitative estimate of drug-likeness (QED) is 0.510. The Bertz CT molecular complexity index is 743. The van der Waals surface area contributed by atoms with Crippen molar-refractivity contribution in [1.29, 1.82) is 0 Å². The second kappa shape index (κ2) is 8.13. The summed E-state index contributed by atoms with van der Waals surface area (Å²) in [5.74, 6) is 0.149. The van der Waals surface area contributed by atoms with Gasteiger partial charge in [0.25, 0.3) is 5.91 Å². The summed E-state index contributed by atoms with van der Waals surface area (Å²) in [6.45, 7) is 4.08. The highest BCUT2D eigenvalue weighted by atomic mass is 32.2. The van der Waals surface area contributed by atoms with E-state index in [1.807, 2.05) is 13.8 Å². The first-order valence-electron chi connectivity index (χ1n) is 8.04. The second-order valence-corrected chi connectivity index (χ2v) is 6.62. The minimum absolute atomic E-state index is 0.168. The van der Waals surface area contributed by atoms with Crippen LogP contribution in [0.15, 0.2) is 18.2 Å². The molecule has 1 aromatic carbocycles. The number of hydrogen-bond acceptors (Lipinski definition) is 7. The van der Waals surface area contributed by atoms with Gasteiger partial charge in [-0.15, -0.1) is 0 Å². The van der Waals surface area contributed by atoms with E-state index in [4.69, 9.17) is 0 Å². The molecule has 0 aliphatic rings. The lowest BCUT2D eigenvalue weighted by Crippen LogP contribution is -2.21. The van der Waals surface area contributed by atoms with Crippen molar-refractivity contribution < 1.29 is 14.5 Å². The van der Waals surface area contributed by atoms with Crippen LogP contribution in [0, 0.1) is 0 Å². The number of carbonyl (C=O) groups is 1.